The summed E-state index contributed by atoms with van der Waals surface area (Å²) in [6.07, 6.45) is 0. The summed E-state index contributed by atoms with van der Waals surface area (Å²) in [5.41, 5.74) is 1.67. The van der Waals surface area contributed by atoms with Crippen molar-refractivity contribution in [1.82, 2.24) is 5.32 Å². The average Bonchev–Trinajstić information content (AvgIpc) is 2.29. The molecule has 0 amide bonds. The van der Waals surface area contributed by atoms with Crippen LogP contribution in [-0.2, 0) is 0 Å². The summed E-state index contributed by atoms with van der Waals surface area (Å²) in [5, 5.41) is 6.61. The van der Waals surface area contributed by atoms with Gasteiger partial charge in [0.05, 0.1) is 17.4 Å². The molecule has 1 saturated heterocycles. The van der Waals surface area contributed by atoms with Crippen molar-refractivity contribution in [2.45, 2.75) is 6.04 Å². The van der Waals surface area contributed by atoms with Crippen LogP contribution in [0.4, 0.5) is 15.8 Å². The first-order chi connectivity index (χ1) is 7.36. The fourth-order valence-electron chi connectivity index (χ4n) is 2.42. The molecule has 1 aromatic rings. The molecule has 0 spiro atoms. The van der Waals surface area contributed by atoms with E-state index in [1.165, 1.54) is 6.07 Å². The second-order valence-corrected chi connectivity index (χ2v) is 4.07. The predicted octanol–water partition coefficient (Wildman–Crippen LogP) is 1.03. The summed E-state index contributed by atoms with van der Waals surface area (Å²) in [5.74, 6) is -0.119. The Kier molecular flexibility index (Phi) is 2.02. The number of nitrogens with zero attached hydrogens (tertiary/aromatic N) is 1. The van der Waals surface area contributed by atoms with Gasteiger partial charge >= 0.3 is 0 Å². The maximum Gasteiger partial charge on any atom is 0.148 e. The Morgan fingerprint density at radius 3 is 3.20 bits per heavy atom. The van der Waals surface area contributed by atoms with Gasteiger partial charge in [0, 0.05) is 26.2 Å². The van der Waals surface area contributed by atoms with Gasteiger partial charge in [0.25, 0.3) is 0 Å². The molecule has 1 unspecified atom stereocenters. The molecule has 2 N–H and O–H groups in total. The van der Waals surface area contributed by atoms with Crippen molar-refractivity contribution in [3.63, 3.8) is 0 Å². The molecular formula is C11H14FN3. The van der Waals surface area contributed by atoms with E-state index in [2.05, 4.69) is 15.5 Å². The van der Waals surface area contributed by atoms with Crippen molar-refractivity contribution < 1.29 is 4.39 Å². The summed E-state index contributed by atoms with van der Waals surface area (Å²) in [6, 6.07) is 5.61. The molecule has 0 aromatic heterocycles. The Balaban J connectivity index is 2.05. The van der Waals surface area contributed by atoms with Crippen molar-refractivity contribution >= 4 is 11.4 Å². The van der Waals surface area contributed by atoms with E-state index >= 15 is 0 Å². The molecule has 0 saturated carbocycles. The van der Waals surface area contributed by atoms with Crippen LogP contribution in [-0.4, -0.2) is 32.2 Å². The zero-order valence-electron chi connectivity index (χ0n) is 8.46. The molecule has 15 heavy (non-hydrogen) atoms. The largest absolute Gasteiger partial charge is 0.381 e. The zero-order chi connectivity index (χ0) is 10.3. The molecule has 0 radical (unpaired) electrons. The maximum absolute atomic E-state index is 13.7. The predicted molar refractivity (Wildman–Crippen MR) is 58.9 cm³/mol. The van der Waals surface area contributed by atoms with Gasteiger partial charge in [-0.3, -0.25) is 0 Å². The topological polar surface area (TPSA) is 27.3 Å². The van der Waals surface area contributed by atoms with Crippen LogP contribution in [0.1, 0.15) is 0 Å². The Morgan fingerprint density at radius 1 is 1.33 bits per heavy atom. The third kappa shape index (κ3) is 1.36. The maximum atomic E-state index is 13.7. The van der Waals surface area contributed by atoms with Crippen LogP contribution >= 0.6 is 0 Å². The first kappa shape index (κ1) is 8.97. The van der Waals surface area contributed by atoms with Gasteiger partial charge in [0.2, 0.25) is 0 Å². The van der Waals surface area contributed by atoms with Crippen molar-refractivity contribution in [1.29, 1.82) is 0 Å². The Bertz CT molecular complexity index is 380. The van der Waals surface area contributed by atoms with Gasteiger partial charge in [-0.05, 0) is 12.1 Å². The van der Waals surface area contributed by atoms with Gasteiger partial charge in [-0.2, -0.15) is 0 Å². The second-order valence-electron chi connectivity index (χ2n) is 4.07. The van der Waals surface area contributed by atoms with Gasteiger partial charge < -0.3 is 15.5 Å². The third-order valence-corrected chi connectivity index (χ3v) is 3.15. The van der Waals surface area contributed by atoms with Crippen molar-refractivity contribution in [2.75, 3.05) is 36.4 Å². The van der Waals surface area contributed by atoms with Crippen molar-refractivity contribution in [2.24, 2.45) is 0 Å². The van der Waals surface area contributed by atoms with Gasteiger partial charge in [-0.15, -0.1) is 0 Å². The molecule has 1 atom stereocenters. The molecule has 0 bridgehead atoms. The summed E-state index contributed by atoms with van der Waals surface area (Å²) < 4.78 is 13.7. The van der Waals surface area contributed by atoms with E-state index in [1.54, 1.807) is 6.07 Å². The monoisotopic (exact) mass is 207 g/mol. The van der Waals surface area contributed by atoms with Crippen LogP contribution in [0.25, 0.3) is 0 Å². The van der Waals surface area contributed by atoms with Gasteiger partial charge in [-0.25, -0.2) is 4.39 Å². The lowest BCUT2D eigenvalue weighted by Crippen LogP contribution is -2.56. The molecule has 2 aliphatic heterocycles. The normalized spacial score (nSPS) is 24.1. The van der Waals surface area contributed by atoms with E-state index in [0.29, 0.717) is 6.04 Å². The van der Waals surface area contributed by atoms with Gasteiger partial charge in [0.15, 0.2) is 0 Å². The molecule has 1 fully saturated rings. The van der Waals surface area contributed by atoms with Crippen LogP contribution in [0.3, 0.4) is 0 Å². The highest BCUT2D eigenvalue weighted by molar-refractivity contribution is 5.73. The second kappa shape index (κ2) is 3.38. The highest BCUT2D eigenvalue weighted by atomic mass is 19.1. The molecule has 0 aliphatic carbocycles. The number of anilines is 2. The number of fused-ring (bicyclic) bond motifs is 3. The number of benzene rings is 1. The first-order valence-electron chi connectivity index (χ1n) is 5.36. The highest BCUT2D eigenvalue weighted by Gasteiger charge is 2.29. The van der Waals surface area contributed by atoms with Crippen molar-refractivity contribution in [3.8, 4) is 0 Å². The first-order valence-corrected chi connectivity index (χ1v) is 5.36. The number of piperazine rings is 1. The Hall–Kier alpha value is -1.29. The fraction of sp³-hybridized carbons (Fsp3) is 0.455. The van der Waals surface area contributed by atoms with Crippen LogP contribution in [0.5, 0.6) is 0 Å². The van der Waals surface area contributed by atoms with Gasteiger partial charge in [0.1, 0.15) is 5.82 Å². The Labute approximate surface area is 88.3 Å². The Morgan fingerprint density at radius 2 is 2.27 bits per heavy atom. The molecule has 2 heterocycles. The number of nitrogens with one attached hydrogen (secondary N) is 2. The number of rotatable bonds is 0. The molecule has 4 heteroatoms. The van der Waals surface area contributed by atoms with Gasteiger partial charge in [-0.1, -0.05) is 6.07 Å². The summed E-state index contributed by atoms with van der Waals surface area (Å²) in [6.45, 7) is 3.65. The van der Waals surface area contributed by atoms with E-state index in [0.717, 1.165) is 37.6 Å². The molecule has 3 nitrogen and oxygen atoms in total. The summed E-state index contributed by atoms with van der Waals surface area (Å²) in [4.78, 5) is 2.18. The standard InChI is InChI=1S/C11H14FN3/c12-9-2-1-3-10-11(9)15-5-4-13-6-8(15)7-14-10/h1-3,8,13-14H,4-7H2. The quantitative estimate of drug-likeness (QED) is 0.665. The highest BCUT2D eigenvalue weighted by Crippen LogP contribution is 2.34. The van der Waals surface area contributed by atoms with E-state index in [9.17, 15) is 4.39 Å². The minimum Gasteiger partial charge on any atom is -0.381 e. The lowest BCUT2D eigenvalue weighted by atomic mass is 10.1. The molecule has 80 valence electrons. The summed E-state index contributed by atoms with van der Waals surface area (Å²) in [7, 11) is 0. The van der Waals surface area contributed by atoms with E-state index < -0.39 is 0 Å². The number of halogens is 1. The number of hydrogen-bond donors (Lipinski definition) is 2. The SMILES string of the molecule is Fc1cccc2c1N1CCNCC1CN2. The third-order valence-electron chi connectivity index (χ3n) is 3.15. The lowest BCUT2D eigenvalue weighted by Gasteiger charge is -2.42. The van der Waals surface area contributed by atoms with E-state index in [4.69, 9.17) is 0 Å². The van der Waals surface area contributed by atoms with E-state index in [-0.39, 0.29) is 5.82 Å². The average molecular weight is 207 g/mol. The smallest absolute Gasteiger partial charge is 0.148 e. The zero-order valence-corrected chi connectivity index (χ0v) is 8.46. The molecule has 2 aliphatic rings. The number of hydrogen-bond acceptors (Lipinski definition) is 3. The fourth-order valence-corrected chi connectivity index (χ4v) is 2.42. The molecular weight excluding hydrogens is 193 g/mol. The van der Waals surface area contributed by atoms with Crippen LogP contribution in [0.2, 0.25) is 0 Å². The van der Waals surface area contributed by atoms with Crippen LogP contribution in [0.15, 0.2) is 18.2 Å². The minimum atomic E-state index is -0.119. The minimum absolute atomic E-state index is 0.119. The van der Waals surface area contributed by atoms with Crippen molar-refractivity contribution in [3.05, 3.63) is 24.0 Å². The van der Waals surface area contributed by atoms with E-state index in [1.807, 2.05) is 6.07 Å². The lowest BCUT2D eigenvalue weighted by molar-refractivity contribution is 0.472. The number of para-hydroxylation sites is 1. The molecule has 3 rings (SSSR count). The van der Waals surface area contributed by atoms with Crippen LogP contribution < -0.4 is 15.5 Å². The summed E-state index contributed by atoms with van der Waals surface area (Å²) >= 11 is 0. The van der Waals surface area contributed by atoms with Crippen LogP contribution in [0, 0.1) is 5.82 Å². The molecule has 1 aromatic carbocycles.